The summed E-state index contributed by atoms with van der Waals surface area (Å²) in [6, 6.07) is 9.91. The number of anilines is 1. The van der Waals surface area contributed by atoms with Gasteiger partial charge in [-0.3, -0.25) is 0 Å². The van der Waals surface area contributed by atoms with Gasteiger partial charge in [-0.05, 0) is 44.4 Å². The molecule has 1 saturated heterocycles. The maximum Gasteiger partial charge on any atom is 0.0779 e. The molecular weight excluding hydrogens is 248 g/mol. The molecule has 3 unspecified atom stereocenters. The van der Waals surface area contributed by atoms with E-state index in [4.69, 9.17) is 4.74 Å². The van der Waals surface area contributed by atoms with Crippen molar-refractivity contribution in [1.29, 1.82) is 0 Å². The molecule has 1 aromatic carbocycles. The molecule has 3 rings (SSSR count). The molecule has 1 N–H and O–H groups in total. The monoisotopic (exact) mass is 274 g/mol. The van der Waals surface area contributed by atoms with Crippen LogP contribution >= 0.6 is 0 Å². The second kappa shape index (κ2) is 6.15. The molecular formula is C17H26N2O. The first kappa shape index (κ1) is 13.9. The van der Waals surface area contributed by atoms with Crippen LogP contribution in [0.3, 0.4) is 0 Å². The first-order valence-electron chi connectivity index (χ1n) is 7.99. The van der Waals surface area contributed by atoms with Gasteiger partial charge in [0.15, 0.2) is 0 Å². The molecule has 2 fully saturated rings. The molecule has 0 amide bonds. The van der Waals surface area contributed by atoms with Gasteiger partial charge in [-0.25, -0.2) is 0 Å². The van der Waals surface area contributed by atoms with E-state index in [1.54, 1.807) is 0 Å². The van der Waals surface area contributed by atoms with E-state index < -0.39 is 0 Å². The highest BCUT2D eigenvalue weighted by Gasteiger charge is 2.37. The summed E-state index contributed by atoms with van der Waals surface area (Å²) in [5.41, 5.74) is 2.85. The van der Waals surface area contributed by atoms with E-state index in [9.17, 15) is 0 Å². The Balaban J connectivity index is 1.92. The molecule has 1 aliphatic carbocycles. The first-order chi connectivity index (χ1) is 9.85. The summed E-state index contributed by atoms with van der Waals surface area (Å²) < 4.78 is 5.95. The molecule has 1 heterocycles. The Morgan fingerprint density at radius 3 is 3.00 bits per heavy atom. The fourth-order valence-corrected chi connectivity index (χ4v) is 3.85. The Hall–Kier alpha value is -1.06. The van der Waals surface area contributed by atoms with Crippen molar-refractivity contribution in [2.45, 2.75) is 50.8 Å². The summed E-state index contributed by atoms with van der Waals surface area (Å²) in [4.78, 5) is 2.61. The van der Waals surface area contributed by atoms with Crippen LogP contribution in [0.5, 0.6) is 0 Å². The van der Waals surface area contributed by atoms with Gasteiger partial charge in [0.2, 0.25) is 0 Å². The molecule has 0 aromatic heterocycles. The zero-order valence-electron chi connectivity index (χ0n) is 12.6. The molecule has 110 valence electrons. The summed E-state index contributed by atoms with van der Waals surface area (Å²) in [6.45, 7) is 4.14. The van der Waals surface area contributed by atoms with Gasteiger partial charge in [-0.2, -0.15) is 0 Å². The SMILES string of the molecule is CCC(NC)c1ccccc1N1CCOC2CCCC21. The second-order valence-electron chi connectivity index (χ2n) is 5.91. The lowest BCUT2D eigenvalue weighted by atomic mass is 9.99. The van der Waals surface area contributed by atoms with Gasteiger partial charge in [0.25, 0.3) is 0 Å². The van der Waals surface area contributed by atoms with Crippen molar-refractivity contribution in [3.05, 3.63) is 29.8 Å². The third-order valence-electron chi connectivity index (χ3n) is 4.86. The van der Waals surface area contributed by atoms with Gasteiger partial charge in [0, 0.05) is 18.3 Å². The van der Waals surface area contributed by atoms with Crippen LogP contribution in [0.15, 0.2) is 24.3 Å². The molecule has 1 aliphatic heterocycles. The summed E-state index contributed by atoms with van der Waals surface area (Å²) >= 11 is 0. The van der Waals surface area contributed by atoms with Gasteiger partial charge in [-0.15, -0.1) is 0 Å². The van der Waals surface area contributed by atoms with E-state index in [2.05, 4.69) is 48.5 Å². The highest BCUT2D eigenvalue weighted by Crippen LogP contribution is 2.36. The molecule has 0 radical (unpaired) electrons. The number of nitrogens with one attached hydrogen (secondary N) is 1. The van der Waals surface area contributed by atoms with Crippen molar-refractivity contribution < 1.29 is 4.74 Å². The Kier molecular flexibility index (Phi) is 4.27. The minimum absolute atomic E-state index is 0.439. The summed E-state index contributed by atoms with van der Waals surface area (Å²) in [5.74, 6) is 0. The van der Waals surface area contributed by atoms with E-state index in [1.807, 2.05) is 0 Å². The largest absolute Gasteiger partial charge is 0.374 e. The van der Waals surface area contributed by atoms with Crippen molar-refractivity contribution in [2.24, 2.45) is 0 Å². The second-order valence-corrected chi connectivity index (χ2v) is 5.91. The Morgan fingerprint density at radius 2 is 2.20 bits per heavy atom. The Morgan fingerprint density at radius 1 is 1.35 bits per heavy atom. The fraction of sp³-hybridized carbons (Fsp3) is 0.647. The lowest BCUT2D eigenvalue weighted by Crippen LogP contribution is -2.49. The smallest absolute Gasteiger partial charge is 0.0779 e. The van der Waals surface area contributed by atoms with Crippen LogP contribution in [0, 0.1) is 0 Å². The number of ether oxygens (including phenoxy) is 1. The molecule has 1 saturated carbocycles. The third-order valence-corrected chi connectivity index (χ3v) is 4.86. The number of morpholine rings is 1. The molecule has 1 aromatic rings. The quantitative estimate of drug-likeness (QED) is 0.913. The molecule has 2 aliphatic rings. The standard InChI is InChI=1S/C17H26N2O/c1-3-14(18-2)13-7-4-5-8-15(13)19-11-12-20-17-10-6-9-16(17)19/h4-5,7-8,14,16-18H,3,6,9-12H2,1-2H3. The molecule has 0 spiro atoms. The average Bonchev–Trinajstić information content (AvgIpc) is 2.97. The summed E-state index contributed by atoms with van der Waals surface area (Å²) in [6.07, 6.45) is 5.37. The summed E-state index contributed by atoms with van der Waals surface area (Å²) in [7, 11) is 2.06. The van der Waals surface area contributed by atoms with E-state index in [0.717, 1.165) is 19.6 Å². The third kappa shape index (κ3) is 2.45. The molecule has 3 heteroatoms. The van der Waals surface area contributed by atoms with Crippen molar-refractivity contribution >= 4 is 5.69 Å². The number of para-hydroxylation sites is 1. The normalized spacial score (nSPS) is 27.4. The molecule has 20 heavy (non-hydrogen) atoms. The van der Waals surface area contributed by atoms with Crippen LogP contribution in [0.1, 0.15) is 44.2 Å². The topological polar surface area (TPSA) is 24.5 Å². The lowest BCUT2D eigenvalue weighted by Gasteiger charge is -2.41. The Labute approximate surface area is 122 Å². The number of rotatable bonds is 4. The lowest BCUT2D eigenvalue weighted by molar-refractivity contribution is 0.0255. The van der Waals surface area contributed by atoms with E-state index in [-0.39, 0.29) is 0 Å². The molecule has 3 nitrogen and oxygen atoms in total. The number of hydrogen-bond acceptors (Lipinski definition) is 3. The maximum atomic E-state index is 5.95. The predicted molar refractivity (Wildman–Crippen MR) is 83.3 cm³/mol. The van der Waals surface area contributed by atoms with Crippen LogP contribution in [-0.4, -0.2) is 32.3 Å². The van der Waals surface area contributed by atoms with Gasteiger partial charge in [0.1, 0.15) is 0 Å². The average molecular weight is 274 g/mol. The minimum Gasteiger partial charge on any atom is -0.374 e. The van der Waals surface area contributed by atoms with Crippen molar-refractivity contribution in [1.82, 2.24) is 5.32 Å². The van der Waals surface area contributed by atoms with Gasteiger partial charge >= 0.3 is 0 Å². The van der Waals surface area contributed by atoms with Crippen LogP contribution in [0.2, 0.25) is 0 Å². The van der Waals surface area contributed by atoms with Crippen molar-refractivity contribution in [3.8, 4) is 0 Å². The number of nitrogens with zero attached hydrogens (tertiary/aromatic N) is 1. The van der Waals surface area contributed by atoms with Gasteiger partial charge < -0.3 is 15.0 Å². The number of fused-ring (bicyclic) bond motifs is 1. The van der Waals surface area contributed by atoms with E-state index in [0.29, 0.717) is 18.2 Å². The Bertz CT molecular complexity index is 444. The van der Waals surface area contributed by atoms with Crippen molar-refractivity contribution in [2.75, 3.05) is 25.1 Å². The maximum absolute atomic E-state index is 5.95. The van der Waals surface area contributed by atoms with Crippen molar-refractivity contribution in [3.63, 3.8) is 0 Å². The van der Waals surface area contributed by atoms with E-state index >= 15 is 0 Å². The number of benzene rings is 1. The minimum atomic E-state index is 0.439. The van der Waals surface area contributed by atoms with Crippen LogP contribution in [0.4, 0.5) is 5.69 Å². The molecule has 0 bridgehead atoms. The summed E-state index contributed by atoms with van der Waals surface area (Å²) in [5, 5.41) is 3.45. The number of hydrogen-bond donors (Lipinski definition) is 1. The predicted octanol–water partition coefficient (Wildman–Crippen LogP) is 3.11. The van der Waals surface area contributed by atoms with Crippen LogP contribution in [0.25, 0.3) is 0 Å². The fourth-order valence-electron chi connectivity index (χ4n) is 3.85. The molecule has 3 atom stereocenters. The van der Waals surface area contributed by atoms with E-state index in [1.165, 1.54) is 30.5 Å². The van der Waals surface area contributed by atoms with Crippen LogP contribution in [-0.2, 0) is 4.74 Å². The first-order valence-corrected chi connectivity index (χ1v) is 7.99. The highest BCUT2D eigenvalue weighted by atomic mass is 16.5. The van der Waals surface area contributed by atoms with Crippen LogP contribution < -0.4 is 10.2 Å². The van der Waals surface area contributed by atoms with Gasteiger partial charge in [-0.1, -0.05) is 25.1 Å². The highest BCUT2D eigenvalue weighted by molar-refractivity contribution is 5.56. The zero-order valence-corrected chi connectivity index (χ0v) is 12.6. The van der Waals surface area contributed by atoms with Gasteiger partial charge in [0.05, 0.1) is 18.8 Å². The zero-order chi connectivity index (χ0) is 13.9.